The third kappa shape index (κ3) is 2.73. The molecule has 1 heterocycles. The average Bonchev–Trinajstić information content (AvgIpc) is 2.56. The molecule has 5 heteroatoms. The van der Waals surface area contributed by atoms with Crippen LogP contribution in [0.25, 0.3) is 22.3 Å². The van der Waals surface area contributed by atoms with Crippen LogP contribution in [0, 0.1) is 0 Å². The van der Waals surface area contributed by atoms with E-state index in [1.807, 2.05) is 13.0 Å². The number of ether oxygens (including phenoxy) is 1. The smallest absolute Gasteiger partial charge is 0.238 e. The van der Waals surface area contributed by atoms with Crippen LogP contribution in [-0.2, 0) is 0 Å². The van der Waals surface area contributed by atoms with Gasteiger partial charge in [-0.2, -0.15) is 0 Å². The van der Waals surface area contributed by atoms with Crippen molar-refractivity contribution < 1.29 is 19.4 Å². The van der Waals surface area contributed by atoms with Gasteiger partial charge in [-0.3, -0.25) is 4.79 Å². The van der Waals surface area contributed by atoms with Crippen LogP contribution in [0.1, 0.15) is 13.3 Å². The predicted octanol–water partition coefficient (Wildman–Crippen LogP) is 3.66. The molecule has 0 atom stereocenters. The monoisotopic (exact) mass is 312 g/mol. The molecule has 23 heavy (non-hydrogen) atoms. The number of hydrogen-bond donors (Lipinski definition) is 2. The second kappa shape index (κ2) is 6.04. The second-order valence-corrected chi connectivity index (χ2v) is 5.14. The molecule has 0 radical (unpaired) electrons. The van der Waals surface area contributed by atoms with Crippen molar-refractivity contribution in [1.82, 2.24) is 0 Å². The lowest BCUT2D eigenvalue weighted by Crippen LogP contribution is -2.06. The summed E-state index contributed by atoms with van der Waals surface area (Å²) in [4.78, 5) is 12.5. The summed E-state index contributed by atoms with van der Waals surface area (Å²) in [6, 6.07) is 11.5. The van der Waals surface area contributed by atoms with Crippen molar-refractivity contribution in [2.75, 3.05) is 6.61 Å². The van der Waals surface area contributed by atoms with Gasteiger partial charge in [0.05, 0.1) is 6.61 Å². The minimum Gasteiger partial charge on any atom is -0.508 e. The fourth-order valence-corrected chi connectivity index (χ4v) is 2.37. The first-order valence-corrected chi connectivity index (χ1v) is 7.32. The highest BCUT2D eigenvalue weighted by molar-refractivity contribution is 5.88. The van der Waals surface area contributed by atoms with Gasteiger partial charge in [0.25, 0.3) is 0 Å². The van der Waals surface area contributed by atoms with E-state index >= 15 is 0 Å². The van der Waals surface area contributed by atoms with Crippen LogP contribution in [0.4, 0.5) is 0 Å². The lowest BCUT2D eigenvalue weighted by Gasteiger charge is -2.11. The van der Waals surface area contributed by atoms with Crippen LogP contribution in [0.3, 0.4) is 0 Å². The molecule has 0 unspecified atom stereocenters. The molecule has 0 fully saturated rings. The normalized spacial score (nSPS) is 10.8. The van der Waals surface area contributed by atoms with E-state index in [2.05, 4.69) is 0 Å². The van der Waals surface area contributed by atoms with Gasteiger partial charge in [-0.05, 0) is 6.42 Å². The molecule has 118 valence electrons. The van der Waals surface area contributed by atoms with Gasteiger partial charge in [0, 0.05) is 17.7 Å². The molecule has 3 aromatic rings. The van der Waals surface area contributed by atoms with E-state index in [1.54, 1.807) is 24.3 Å². The number of fused-ring (bicyclic) bond motifs is 1. The van der Waals surface area contributed by atoms with Crippen molar-refractivity contribution in [3.8, 4) is 28.6 Å². The molecule has 2 N–H and O–H groups in total. The summed E-state index contributed by atoms with van der Waals surface area (Å²) in [5, 5.41) is 20.2. The largest absolute Gasteiger partial charge is 0.508 e. The van der Waals surface area contributed by atoms with Gasteiger partial charge in [0.15, 0.2) is 5.76 Å². The quantitative estimate of drug-likeness (QED) is 0.768. The summed E-state index contributed by atoms with van der Waals surface area (Å²) >= 11 is 0. The van der Waals surface area contributed by atoms with Gasteiger partial charge in [0.2, 0.25) is 11.2 Å². The second-order valence-electron chi connectivity index (χ2n) is 5.14. The average molecular weight is 312 g/mol. The zero-order valence-electron chi connectivity index (χ0n) is 12.6. The third-order valence-corrected chi connectivity index (χ3v) is 3.42. The Morgan fingerprint density at radius 2 is 1.87 bits per heavy atom. The number of phenolic OH excluding ortho intramolecular Hbond substituents is 1. The minimum atomic E-state index is -0.587. The molecule has 0 aliphatic heterocycles. The predicted molar refractivity (Wildman–Crippen MR) is 87.0 cm³/mol. The van der Waals surface area contributed by atoms with Crippen molar-refractivity contribution >= 4 is 11.0 Å². The van der Waals surface area contributed by atoms with Crippen LogP contribution in [-0.4, -0.2) is 16.8 Å². The molecule has 0 amide bonds. The van der Waals surface area contributed by atoms with E-state index < -0.39 is 11.2 Å². The fraction of sp³-hybridized carbons (Fsp3) is 0.167. The van der Waals surface area contributed by atoms with Gasteiger partial charge in [-0.25, -0.2) is 0 Å². The number of aromatic hydroxyl groups is 2. The highest BCUT2D eigenvalue weighted by atomic mass is 16.5. The Balaban J connectivity index is 2.29. The molecule has 0 aliphatic rings. The Labute approximate surface area is 132 Å². The first-order valence-electron chi connectivity index (χ1n) is 7.32. The van der Waals surface area contributed by atoms with Crippen LogP contribution in [0.15, 0.2) is 51.7 Å². The van der Waals surface area contributed by atoms with E-state index in [1.165, 1.54) is 12.1 Å². The molecular weight excluding hydrogens is 296 g/mol. The molecule has 3 rings (SSSR count). The van der Waals surface area contributed by atoms with Gasteiger partial charge >= 0.3 is 0 Å². The highest BCUT2D eigenvalue weighted by Crippen LogP contribution is 2.35. The highest BCUT2D eigenvalue weighted by Gasteiger charge is 2.19. The lowest BCUT2D eigenvalue weighted by molar-refractivity contribution is 0.318. The molecule has 0 spiro atoms. The van der Waals surface area contributed by atoms with Crippen molar-refractivity contribution in [1.29, 1.82) is 0 Å². The summed E-state index contributed by atoms with van der Waals surface area (Å²) in [5.41, 5.74) is 0.150. The summed E-state index contributed by atoms with van der Waals surface area (Å²) in [6.07, 6.45) is 0.747. The number of hydrogen-bond acceptors (Lipinski definition) is 5. The molecule has 5 nitrogen and oxygen atoms in total. The molecule has 0 saturated carbocycles. The fourth-order valence-electron chi connectivity index (χ4n) is 2.37. The third-order valence-electron chi connectivity index (χ3n) is 3.42. The van der Waals surface area contributed by atoms with Gasteiger partial charge in [-0.15, -0.1) is 0 Å². The summed E-state index contributed by atoms with van der Waals surface area (Å²) < 4.78 is 11.2. The summed E-state index contributed by atoms with van der Waals surface area (Å²) in [7, 11) is 0. The van der Waals surface area contributed by atoms with Crippen molar-refractivity contribution in [3.63, 3.8) is 0 Å². The number of benzene rings is 2. The Morgan fingerprint density at radius 3 is 2.57 bits per heavy atom. The van der Waals surface area contributed by atoms with E-state index in [0.717, 1.165) is 6.42 Å². The maximum absolute atomic E-state index is 12.5. The molecule has 2 aromatic carbocycles. The minimum absolute atomic E-state index is 0.0649. The first-order chi connectivity index (χ1) is 11.1. The van der Waals surface area contributed by atoms with Gasteiger partial charge in [-0.1, -0.05) is 37.3 Å². The van der Waals surface area contributed by atoms with Crippen LogP contribution in [0.5, 0.6) is 17.2 Å². The lowest BCUT2D eigenvalue weighted by atomic mass is 10.1. The zero-order valence-corrected chi connectivity index (χ0v) is 12.6. The van der Waals surface area contributed by atoms with Gasteiger partial charge in [0.1, 0.15) is 22.5 Å². The van der Waals surface area contributed by atoms with E-state index in [9.17, 15) is 15.0 Å². The van der Waals surface area contributed by atoms with E-state index in [4.69, 9.17) is 9.15 Å². The van der Waals surface area contributed by atoms with Crippen LogP contribution >= 0.6 is 0 Å². The Hall–Kier alpha value is -2.95. The number of rotatable bonds is 4. The maximum Gasteiger partial charge on any atom is 0.238 e. The van der Waals surface area contributed by atoms with Crippen molar-refractivity contribution in [2.24, 2.45) is 0 Å². The SMILES string of the molecule is CCCOc1cc(O)cc2oc(-c3ccccc3)c(O)c(=O)c12. The standard InChI is InChI=1S/C18H16O5/c1-2-8-22-13-9-12(19)10-14-15(13)16(20)17(21)18(23-14)11-6-4-3-5-7-11/h3-7,9-10,19,21H,2,8H2,1H3. The number of phenols is 1. The summed E-state index contributed by atoms with van der Waals surface area (Å²) in [5.74, 6) is -0.284. The molecule has 0 saturated heterocycles. The van der Waals surface area contributed by atoms with Crippen molar-refractivity contribution in [3.05, 3.63) is 52.7 Å². The maximum atomic E-state index is 12.5. The van der Waals surface area contributed by atoms with E-state index in [0.29, 0.717) is 12.2 Å². The Bertz CT molecular complexity index is 897. The first kappa shape index (κ1) is 15.0. The van der Waals surface area contributed by atoms with Crippen LogP contribution in [0.2, 0.25) is 0 Å². The summed E-state index contributed by atoms with van der Waals surface area (Å²) in [6.45, 7) is 2.32. The van der Waals surface area contributed by atoms with Crippen LogP contribution < -0.4 is 10.2 Å². The topological polar surface area (TPSA) is 79.9 Å². The molecular formula is C18H16O5. The molecule has 0 aliphatic carbocycles. The Morgan fingerprint density at radius 1 is 1.13 bits per heavy atom. The zero-order chi connectivity index (χ0) is 16.4. The van der Waals surface area contributed by atoms with Gasteiger partial charge < -0.3 is 19.4 Å². The van der Waals surface area contributed by atoms with Crippen molar-refractivity contribution in [2.45, 2.75) is 13.3 Å². The Kier molecular flexibility index (Phi) is 3.93. The molecule has 0 bridgehead atoms. The molecule has 1 aromatic heterocycles. The van der Waals surface area contributed by atoms with E-state index in [-0.39, 0.29) is 28.2 Å².